The summed E-state index contributed by atoms with van der Waals surface area (Å²) >= 11 is 0. The molecule has 1 unspecified atom stereocenters. The van der Waals surface area contributed by atoms with E-state index in [1.807, 2.05) is 0 Å². The molecule has 7 heteroatoms. The molecule has 2 fully saturated rings. The standard InChI is InChI=1S/C17H21FN2O4/c1-16(23)17(9-3-2-4-10-17)24-15(22)20(16)11-14(21)19-13-7-5-12(18)6-8-13/h5-8,23H,2-4,9-11H2,1H3,(H,19,21). The van der Waals surface area contributed by atoms with Crippen molar-refractivity contribution in [3.05, 3.63) is 30.1 Å². The van der Waals surface area contributed by atoms with E-state index in [4.69, 9.17) is 4.74 Å². The first-order chi connectivity index (χ1) is 11.3. The Labute approximate surface area is 139 Å². The number of amides is 2. The maximum absolute atomic E-state index is 12.9. The molecule has 0 radical (unpaired) electrons. The Bertz CT molecular complexity index is 638. The lowest BCUT2D eigenvalue weighted by atomic mass is 9.77. The molecule has 1 aromatic rings. The van der Waals surface area contributed by atoms with Crippen LogP contribution in [0.4, 0.5) is 14.9 Å². The first-order valence-electron chi connectivity index (χ1n) is 8.12. The highest BCUT2D eigenvalue weighted by Gasteiger charge is 2.62. The van der Waals surface area contributed by atoms with Crippen molar-refractivity contribution < 1.29 is 23.8 Å². The molecule has 0 aromatic heterocycles. The van der Waals surface area contributed by atoms with E-state index in [-0.39, 0.29) is 6.54 Å². The number of ether oxygens (including phenoxy) is 1. The van der Waals surface area contributed by atoms with Crippen molar-refractivity contribution in [2.24, 2.45) is 0 Å². The molecule has 3 rings (SSSR count). The molecule has 2 aliphatic rings. The number of nitrogens with zero attached hydrogens (tertiary/aromatic N) is 1. The van der Waals surface area contributed by atoms with Gasteiger partial charge in [0.25, 0.3) is 0 Å². The molecule has 1 atom stereocenters. The molecule has 1 aliphatic carbocycles. The zero-order valence-corrected chi connectivity index (χ0v) is 13.5. The van der Waals surface area contributed by atoms with Crippen LogP contribution >= 0.6 is 0 Å². The van der Waals surface area contributed by atoms with Gasteiger partial charge in [-0.15, -0.1) is 0 Å². The summed E-state index contributed by atoms with van der Waals surface area (Å²) in [7, 11) is 0. The van der Waals surface area contributed by atoms with Gasteiger partial charge in [-0.3, -0.25) is 9.69 Å². The molecular weight excluding hydrogens is 315 g/mol. The molecule has 24 heavy (non-hydrogen) atoms. The number of carbonyl (C=O) groups is 2. The normalized spacial score (nSPS) is 25.6. The van der Waals surface area contributed by atoms with E-state index in [0.29, 0.717) is 18.5 Å². The third-order valence-corrected chi connectivity index (χ3v) is 4.98. The number of rotatable bonds is 3. The predicted molar refractivity (Wildman–Crippen MR) is 84.7 cm³/mol. The third kappa shape index (κ3) is 2.84. The summed E-state index contributed by atoms with van der Waals surface area (Å²) in [5.74, 6) is -0.884. The number of hydrogen-bond donors (Lipinski definition) is 2. The van der Waals surface area contributed by atoms with Gasteiger partial charge in [0.05, 0.1) is 0 Å². The van der Waals surface area contributed by atoms with Crippen molar-refractivity contribution in [2.75, 3.05) is 11.9 Å². The number of anilines is 1. The Hall–Kier alpha value is -2.15. The first kappa shape index (κ1) is 16.7. The topological polar surface area (TPSA) is 78.9 Å². The first-order valence-corrected chi connectivity index (χ1v) is 8.12. The van der Waals surface area contributed by atoms with Crippen LogP contribution in [0.1, 0.15) is 39.0 Å². The van der Waals surface area contributed by atoms with E-state index in [2.05, 4.69) is 5.32 Å². The molecule has 6 nitrogen and oxygen atoms in total. The quantitative estimate of drug-likeness (QED) is 0.889. The van der Waals surface area contributed by atoms with Gasteiger partial charge in [-0.05, 0) is 56.9 Å². The van der Waals surface area contributed by atoms with Crippen LogP contribution in [0.3, 0.4) is 0 Å². The number of halogens is 1. The highest BCUT2D eigenvalue weighted by molar-refractivity contribution is 5.94. The van der Waals surface area contributed by atoms with Crippen molar-refractivity contribution in [1.29, 1.82) is 0 Å². The molecule has 1 aliphatic heterocycles. The molecule has 0 bridgehead atoms. The van der Waals surface area contributed by atoms with Crippen molar-refractivity contribution in [2.45, 2.75) is 50.4 Å². The van der Waals surface area contributed by atoms with E-state index in [0.717, 1.165) is 24.2 Å². The van der Waals surface area contributed by atoms with Gasteiger partial charge in [-0.25, -0.2) is 9.18 Å². The van der Waals surface area contributed by atoms with Gasteiger partial charge < -0.3 is 15.2 Å². The smallest absolute Gasteiger partial charge is 0.413 e. The number of carbonyl (C=O) groups excluding carboxylic acids is 2. The molecule has 130 valence electrons. The van der Waals surface area contributed by atoms with Gasteiger partial charge in [0, 0.05) is 5.69 Å². The van der Waals surface area contributed by atoms with Crippen molar-refractivity contribution >= 4 is 17.7 Å². The van der Waals surface area contributed by atoms with Crippen LogP contribution in [0, 0.1) is 5.82 Å². The molecule has 1 spiro atoms. The second-order valence-electron chi connectivity index (χ2n) is 6.58. The Morgan fingerprint density at radius 3 is 2.54 bits per heavy atom. The van der Waals surface area contributed by atoms with E-state index in [1.165, 1.54) is 31.2 Å². The summed E-state index contributed by atoms with van der Waals surface area (Å²) < 4.78 is 18.4. The fourth-order valence-electron chi connectivity index (χ4n) is 3.54. The van der Waals surface area contributed by atoms with E-state index in [1.54, 1.807) is 0 Å². The lowest BCUT2D eigenvalue weighted by Crippen LogP contribution is -2.58. The SMILES string of the molecule is CC1(O)N(CC(=O)Nc2ccc(F)cc2)C(=O)OC12CCCCC2. The summed E-state index contributed by atoms with van der Waals surface area (Å²) in [6, 6.07) is 5.31. The summed E-state index contributed by atoms with van der Waals surface area (Å²) in [4.78, 5) is 25.5. The highest BCUT2D eigenvalue weighted by atomic mass is 19.1. The predicted octanol–water partition coefficient (Wildman–Crippen LogP) is 2.63. The molecule has 1 saturated carbocycles. The Morgan fingerprint density at radius 1 is 1.29 bits per heavy atom. The lowest BCUT2D eigenvalue weighted by molar-refractivity contribution is -0.160. The zero-order chi connectivity index (χ0) is 17.4. The van der Waals surface area contributed by atoms with Gasteiger partial charge in [-0.2, -0.15) is 0 Å². The minimum atomic E-state index is -1.54. The Kier molecular flexibility index (Phi) is 4.21. The maximum atomic E-state index is 12.9. The molecule has 1 heterocycles. The zero-order valence-electron chi connectivity index (χ0n) is 13.5. The average molecular weight is 336 g/mol. The van der Waals surface area contributed by atoms with Crippen molar-refractivity contribution in [3.63, 3.8) is 0 Å². The number of benzene rings is 1. The lowest BCUT2D eigenvalue weighted by Gasteiger charge is -2.41. The van der Waals surface area contributed by atoms with Gasteiger partial charge in [-0.1, -0.05) is 6.42 Å². The largest absolute Gasteiger partial charge is 0.438 e. The second kappa shape index (κ2) is 6.05. The van der Waals surface area contributed by atoms with Crippen molar-refractivity contribution in [1.82, 2.24) is 4.90 Å². The average Bonchev–Trinajstić information content (AvgIpc) is 2.71. The van der Waals surface area contributed by atoms with Crippen LogP contribution in [-0.2, 0) is 9.53 Å². The van der Waals surface area contributed by atoms with Crippen LogP contribution in [0.15, 0.2) is 24.3 Å². The monoisotopic (exact) mass is 336 g/mol. The van der Waals surface area contributed by atoms with E-state index < -0.39 is 29.1 Å². The molecular formula is C17H21FN2O4. The van der Waals surface area contributed by atoms with E-state index >= 15 is 0 Å². The molecule has 2 N–H and O–H groups in total. The number of hydrogen-bond acceptors (Lipinski definition) is 4. The summed E-state index contributed by atoms with van der Waals surface area (Å²) in [6.07, 6.45) is 3.28. The minimum Gasteiger partial charge on any atom is -0.438 e. The van der Waals surface area contributed by atoms with Gasteiger partial charge >= 0.3 is 6.09 Å². The second-order valence-corrected chi connectivity index (χ2v) is 6.58. The van der Waals surface area contributed by atoms with Crippen molar-refractivity contribution in [3.8, 4) is 0 Å². The third-order valence-electron chi connectivity index (χ3n) is 4.98. The summed E-state index contributed by atoms with van der Waals surface area (Å²) in [5, 5.41) is 13.5. The highest BCUT2D eigenvalue weighted by Crippen LogP contribution is 2.46. The Morgan fingerprint density at radius 2 is 1.92 bits per heavy atom. The van der Waals surface area contributed by atoms with Gasteiger partial charge in [0.2, 0.25) is 5.91 Å². The van der Waals surface area contributed by atoms with Gasteiger partial charge in [0.1, 0.15) is 12.4 Å². The molecule has 2 amide bonds. The van der Waals surface area contributed by atoms with Crippen LogP contribution < -0.4 is 5.32 Å². The van der Waals surface area contributed by atoms with Gasteiger partial charge in [0.15, 0.2) is 11.3 Å². The fraction of sp³-hybridized carbons (Fsp3) is 0.529. The maximum Gasteiger partial charge on any atom is 0.413 e. The van der Waals surface area contributed by atoms with Crippen LogP contribution in [0.5, 0.6) is 0 Å². The van der Waals surface area contributed by atoms with Crippen LogP contribution in [-0.4, -0.2) is 39.9 Å². The van der Waals surface area contributed by atoms with E-state index in [9.17, 15) is 19.1 Å². The molecule has 1 saturated heterocycles. The van der Waals surface area contributed by atoms with Crippen LogP contribution in [0.2, 0.25) is 0 Å². The number of aliphatic hydroxyl groups is 1. The Balaban J connectivity index is 1.70. The summed E-state index contributed by atoms with van der Waals surface area (Å²) in [6.45, 7) is 1.19. The minimum absolute atomic E-state index is 0.328. The number of nitrogens with one attached hydrogen (secondary N) is 1. The van der Waals surface area contributed by atoms with Crippen LogP contribution in [0.25, 0.3) is 0 Å². The fourth-order valence-corrected chi connectivity index (χ4v) is 3.54. The molecule has 1 aromatic carbocycles. The summed E-state index contributed by atoms with van der Waals surface area (Å²) in [5.41, 5.74) is -2.07.